The lowest BCUT2D eigenvalue weighted by Gasteiger charge is -2.27. The summed E-state index contributed by atoms with van der Waals surface area (Å²) in [5.74, 6) is -0.200. The molecule has 18 heavy (non-hydrogen) atoms. The summed E-state index contributed by atoms with van der Waals surface area (Å²) >= 11 is 0. The average molecular weight is 240 g/mol. The molecular formula is C15H16N2O. The van der Waals surface area contributed by atoms with Crippen LogP contribution in [0.4, 0.5) is 0 Å². The number of allylic oxidation sites excluding steroid dienone is 2. The van der Waals surface area contributed by atoms with Gasteiger partial charge in [-0.15, -0.1) is 0 Å². The lowest BCUT2D eigenvalue weighted by atomic mass is 9.75. The van der Waals surface area contributed by atoms with Crippen LogP contribution in [0.5, 0.6) is 0 Å². The van der Waals surface area contributed by atoms with Gasteiger partial charge in [-0.2, -0.15) is 10.5 Å². The molecule has 0 aliphatic heterocycles. The maximum atomic E-state index is 12.1. The fraction of sp³-hybridized carbons (Fsp3) is 0.667. The number of Topliss-reactive ketones (excluding diaryl/α,β-unsaturated/α-hetero) is 1. The number of hydrogen-bond acceptors (Lipinski definition) is 3. The minimum Gasteiger partial charge on any atom is -0.299 e. The minimum absolute atomic E-state index is 0.135. The van der Waals surface area contributed by atoms with Crippen molar-refractivity contribution in [2.75, 3.05) is 0 Å². The summed E-state index contributed by atoms with van der Waals surface area (Å²) in [5.41, 5.74) is -0.231. The second-order valence-corrected chi connectivity index (χ2v) is 5.73. The van der Waals surface area contributed by atoms with E-state index in [1.807, 2.05) is 0 Å². The number of hydrogen-bond donors (Lipinski definition) is 0. The van der Waals surface area contributed by atoms with Crippen LogP contribution in [-0.4, -0.2) is 5.78 Å². The Labute approximate surface area is 107 Å². The number of nitriles is 2. The van der Waals surface area contributed by atoms with Gasteiger partial charge < -0.3 is 0 Å². The van der Waals surface area contributed by atoms with E-state index in [2.05, 4.69) is 18.2 Å². The summed E-state index contributed by atoms with van der Waals surface area (Å²) in [6.07, 6.45) is 8.73. The molecule has 0 N–H and O–H groups in total. The van der Waals surface area contributed by atoms with Gasteiger partial charge in [-0.05, 0) is 38.5 Å². The Bertz CT molecular complexity index is 506. The van der Waals surface area contributed by atoms with Crippen molar-refractivity contribution in [1.29, 1.82) is 10.5 Å². The van der Waals surface area contributed by atoms with Crippen LogP contribution in [-0.2, 0) is 4.79 Å². The number of fused-ring (bicyclic) bond motifs is 1. The number of ketones is 1. The number of rotatable bonds is 1. The third-order valence-corrected chi connectivity index (χ3v) is 5.08. The van der Waals surface area contributed by atoms with Crippen LogP contribution >= 0.6 is 0 Å². The fourth-order valence-corrected chi connectivity index (χ4v) is 4.27. The summed E-state index contributed by atoms with van der Waals surface area (Å²) in [6, 6.07) is 4.38. The zero-order chi connectivity index (χ0) is 12.8. The maximum absolute atomic E-state index is 12.1. The Kier molecular flexibility index (Phi) is 2.35. The Morgan fingerprint density at radius 2 is 1.94 bits per heavy atom. The third-order valence-electron chi connectivity index (χ3n) is 5.08. The van der Waals surface area contributed by atoms with Gasteiger partial charge in [0.05, 0.1) is 18.1 Å². The lowest BCUT2D eigenvalue weighted by Crippen LogP contribution is -2.21. The van der Waals surface area contributed by atoms with Crippen LogP contribution in [0.3, 0.4) is 0 Å². The van der Waals surface area contributed by atoms with E-state index >= 15 is 0 Å². The van der Waals surface area contributed by atoms with Crippen LogP contribution in [0.2, 0.25) is 0 Å². The molecule has 2 atom stereocenters. The molecule has 3 rings (SSSR count). The highest BCUT2D eigenvalue weighted by Gasteiger charge is 2.82. The molecule has 2 fully saturated rings. The zero-order valence-corrected chi connectivity index (χ0v) is 10.4. The number of carbonyl (C=O) groups excluding carboxylic acids is 1. The van der Waals surface area contributed by atoms with Crippen LogP contribution in [0.15, 0.2) is 11.6 Å². The first-order valence-corrected chi connectivity index (χ1v) is 6.77. The van der Waals surface area contributed by atoms with Crippen molar-refractivity contribution in [3.8, 4) is 12.1 Å². The summed E-state index contributed by atoms with van der Waals surface area (Å²) in [5, 5.41) is 18.9. The zero-order valence-electron chi connectivity index (χ0n) is 10.4. The summed E-state index contributed by atoms with van der Waals surface area (Å²) in [7, 11) is 0. The Morgan fingerprint density at radius 1 is 1.17 bits per heavy atom. The lowest BCUT2D eigenvalue weighted by molar-refractivity contribution is -0.122. The minimum atomic E-state index is -1.05. The standard InChI is InChI=1S/C15H16N2O/c16-9-14(10-17)13-12(18)7-4-8-15(13,14)11-5-2-1-3-6-11/h5,13H,1-4,6-8H2. The highest BCUT2D eigenvalue weighted by molar-refractivity contribution is 5.91. The molecule has 2 saturated carbocycles. The Balaban J connectivity index is 2.09. The van der Waals surface area contributed by atoms with Gasteiger partial charge in [-0.25, -0.2) is 0 Å². The highest BCUT2D eigenvalue weighted by Crippen LogP contribution is 2.77. The van der Waals surface area contributed by atoms with E-state index in [1.165, 1.54) is 12.0 Å². The number of carbonyl (C=O) groups is 1. The van der Waals surface area contributed by atoms with E-state index in [0.717, 1.165) is 32.1 Å². The van der Waals surface area contributed by atoms with Gasteiger partial charge >= 0.3 is 0 Å². The van der Waals surface area contributed by atoms with Gasteiger partial charge in [-0.1, -0.05) is 11.6 Å². The summed E-state index contributed by atoms with van der Waals surface area (Å²) in [6.45, 7) is 0. The normalized spacial score (nSPS) is 36.9. The Morgan fingerprint density at radius 3 is 2.56 bits per heavy atom. The second-order valence-electron chi connectivity index (χ2n) is 5.73. The third kappa shape index (κ3) is 1.10. The van der Waals surface area contributed by atoms with Crippen molar-refractivity contribution in [3.63, 3.8) is 0 Å². The molecule has 0 heterocycles. The molecule has 3 heteroatoms. The largest absolute Gasteiger partial charge is 0.299 e. The second kappa shape index (κ2) is 3.69. The first kappa shape index (κ1) is 11.5. The van der Waals surface area contributed by atoms with Crippen molar-refractivity contribution in [2.45, 2.75) is 44.9 Å². The van der Waals surface area contributed by atoms with Gasteiger partial charge in [-0.3, -0.25) is 4.79 Å². The molecule has 3 nitrogen and oxygen atoms in total. The van der Waals surface area contributed by atoms with Crippen molar-refractivity contribution in [2.24, 2.45) is 16.7 Å². The molecule has 0 bridgehead atoms. The van der Waals surface area contributed by atoms with E-state index in [-0.39, 0.29) is 11.7 Å². The van der Waals surface area contributed by atoms with Gasteiger partial charge in [0, 0.05) is 11.8 Å². The highest BCUT2D eigenvalue weighted by atomic mass is 16.1. The topological polar surface area (TPSA) is 64.7 Å². The van der Waals surface area contributed by atoms with E-state index in [1.54, 1.807) is 0 Å². The smallest absolute Gasteiger partial charge is 0.164 e. The van der Waals surface area contributed by atoms with Gasteiger partial charge in [0.15, 0.2) is 5.41 Å². The molecular weight excluding hydrogens is 224 g/mol. The van der Waals surface area contributed by atoms with E-state index in [9.17, 15) is 15.3 Å². The maximum Gasteiger partial charge on any atom is 0.164 e. The first-order valence-electron chi connectivity index (χ1n) is 6.77. The molecule has 0 aromatic rings. The molecule has 0 spiro atoms. The molecule has 0 aromatic carbocycles. The van der Waals surface area contributed by atoms with Gasteiger partial charge in [0.25, 0.3) is 0 Å². The van der Waals surface area contributed by atoms with Crippen LogP contribution in [0, 0.1) is 39.4 Å². The molecule has 92 valence electrons. The molecule has 2 unspecified atom stereocenters. The van der Waals surface area contributed by atoms with E-state index in [4.69, 9.17) is 0 Å². The van der Waals surface area contributed by atoms with Gasteiger partial charge in [0.2, 0.25) is 0 Å². The molecule has 0 radical (unpaired) electrons. The van der Waals surface area contributed by atoms with Crippen LogP contribution in [0.25, 0.3) is 0 Å². The van der Waals surface area contributed by atoms with Crippen LogP contribution < -0.4 is 0 Å². The SMILES string of the molecule is N#CC1(C#N)C2C(=O)CCCC21C1=CCCCC1. The summed E-state index contributed by atoms with van der Waals surface area (Å²) in [4.78, 5) is 12.1. The predicted molar refractivity (Wildman–Crippen MR) is 65.0 cm³/mol. The monoisotopic (exact) mass is 240 g/mol. The van der Waals surface area contributed by atoms with Crippen molar-refractivity contribution in [1.82, 2.24) is 0 Å². The van der Waals surface area contributed by atoms with E-state index < -0.39 is 10.8 Å². The van der Waals surface area contributed by atoms with Crippen molar-refractivity contribution >= 4 is 5.78 Å². The Hall–Kier alpha value is -1.61. The van der Waals surface area contributed by atoms with Gasteiger partial charge in [0.1, 0.15) is 5.78 Å². The predicted octanol–water partition coefficient (Wildman–Crippen LogP) is 2.89. The molecule has 3 aliphatic carbocycles. The van der Waals surface area contributed by atoms with Crippen molar-refractivity contribution in [3.05, 3.63) is 11.6 Å². The fourth-order valence-electron chi connectivity index (χ4n) is 4.27. The van der Waals surface area contributed by atoms with E-state index in [0.29, 0.717) is 6.42 Å². The molecule has 3 aliphatic rings. The molecule has 0 aromatic heterocycles. The van der Waals surface area contributed by atoms with Crippen molar-refractivity contribution < 1.29 is 4.79 Å². The first-order chi connectivity index (χ1) is 8.73. The number of nitrogens with zero attached hydrogens (tertiary/aromatic N) is 2. The average Bonchev–Trinajstić information content (AvgIpc) is 3.06. The molecule has 0 amide bonds. The summed E-state index contributed by atoms with van der Waals surface area (Å²) < 4.78 is 0. The van der Waals surface area contributed by atoms with Crippen LogP contribution in [0.1, 0.15) is 44.9 Å². The molecule has 0 saturated heterocycles. The quantitative estimate of drug-likeness (QED) is 0.662.